The van der Waals surface area contributed by atoms with Gasteiger partial charge in [0.25, 0.3) is 0 Å². The summed E-state index contributed by atoms with van der Waals surface area (Å²) in [7, 11) is 1.67. The second-order valence-corrected chi connectivity index (χ2v) is 6.91. The van der Waals surface area contributed by atoms with Crippen LogP contribution in [0.4, 0.5) is 0 Å². The molecule has 0 fully saturated rings. The fourth-order valence-electron chi connectivity index (χ4n) is 3.13. The van der Waals surface area contributed by atoms with Gasteiger partial charge in [-0.25, -0.2) is 0 Å². The number of para-hydroxylation sites is 1. The zero-order valence-electron chi connectivity index (χ0n) is 16.1. The Bertz CT molecular complexity index is 976. The molecular formula is C22H24ClN3O. The Hall–Kier alpha value is -2.72. The Morgan fingerprint density at radius 1 is 1.11 bits per heavy atom. The number of aryl methyl sites for hydroxylation is 2. The lowest BCUT2D eigenvalue weighted by molar-refractivity contribution is 0.408. The molecular weight excluding hydrogens is 358 g/mol. The maximum atomic E-state index is 6.30. The van der Waals surface area contributed by atoms with Gasteiger partial charge < -0.3 is 14.7 Å². The van der Waals surface area contributed by atoms with Crippen molar-refractivity contribution in [3.05, 3.63) is 81.6 Å². The number of aromatic nitrogens is 1. The standard InChI is InChI=1S/C22H24ClN3O/c1-15-9-10-20(12-21(15)23)26-16(2)11-19(17(26)3)14-25-24-13-18-7-5-6-8-22(18)27-4/h5-12,14,24H,13H2,1-4H3/b25-14-. The molecule has 3 aromatic rings. The molecule has 0 bridgehead atoms. The van der Waals surface area contributed by atoms with E-state index in [1.165, 1.54) is 0 Å². The minimum atomic E-state index is 0.604. The van der Waals surface area contributed by atoms with Crippen molar-refractivity contribution in [3.63, 3.8) is 0 Å². The number of rotatable bonds is 6. The Morgan fingerprint density at radius 2 is 1.89 bits per heavy atom. The molecule has 1 aromatic heterocycles. The molecule has 3 rings (SSSR count). The Labute approximate surface area is 165 Å². The lowest BCUT2D eigenvalue weighted by Gasteiger charge is -2.11. The van der Waals surface area contributed by atoms with Crippen LogP contribution < -0.4 is 10.2 Å². The summed E-state index contributed by atoms with van der Waals surface area (Å²) in [5.74, 6) is 0.856. The molecule has 0 aliphatic rings. The van der Waals surface area contributed by atoms with Crippen molar-refractivity contribution in [2.75, 3.05) is 7.11 Å². The number of ether oxygens (including phenoxy) is 1. The summed E-state index contributed by atoms with van der Waals surface area (Å²) in [5, 5.41) is 5.15. The number of methoxy groups -OCH3 is 1. The van der Waals surface area contributed by atoms with Crippen molar-refractivity contribution in [1.29, 1.82) is 0 Å². The van der Waals surface area contributed by atoms with Crippen LogP contribution in [0.3, 0.4) is 0 Å². The first-order valence-electron chi connectivity index (χ1n) is 8.84. The highest BCUT2D eigenvalue weighted by molar-refractivity contribution is 6.31. The zero-order chi connectivity index (χ0) is 19.4. The lowest BCUT2D eigenvalue weighted by atomic mass is 10.2. The molecule has 1 heterocycles. The van der Waals surface area contributed by atoms with Crippen LogP contribution in [0.2, 0.25) is 5.02 Å². The number of hydrazone groups is 1. The van der Waals surface area contributed by atoms with Gasteiger partial charge in [-0.05, 0) is 50.6 Å². The van der Waals surface area contributed by atoms with Crippen molar-refractivity contribution in [2.45, 2.75) is 27.3 Å². The molecule has 4 nitrogen and oxygen atoms in total. The van der Waals surface area contributed by atoms with Crippen LogP contribution in [-0.2, 0) is 6.54 Å². The monoisotopic (exact) mass is 381 g/mol. The first kappa shape index (κ1) is 19.1. The average Bonchev–Trinajstić information content (AvgIpc) is 2.95. The average molecular weight is 382 g/mol. The largest absolute Gasteiger partial charge is 0.496 e. The van der Waals surface area contributed by atoms with E-state index < -0.39 is 0 Å². The van der Waals surface area contributed by atoms with Gasteiger partial charge >= 0.3 is 0 Å². The van der Waals surface area contributed by atoms with E-state index in [9.17, 15) is 0 Å². The molecule has 0 saturated carbocycles. The third-order valence-corrected chi connectivity index (χ3v) is 5.05. The fourth-order valence-corrected chi connectivity index (χ4v) is 3.31. The van der Waals surface area contributed by atoms with E-state index in [0.29, 0.717) is 6.54 Å². The zero-order valence-corrected chi connectivity index (χ0v) is 16.8. The number of nitrogens with zero attached hydrogens (tertiary/aromatic N) is 2. The summed E-state index contributed by atoms with van der Waals surface area (Å²) in [6.45, 7) is 6.78. The van der Waals surface area contributed by atoms with Gasteiger partial charge in [0.2, 0.25) is 0 Å². The Balaban J connectivity index is 1.76. The molecule has 27 heavy (non-hydrogen) atoms. The number of hydrogen-bond acceptors (Lipinski definition) is 3. The minimum Gasteiger partial charge on any atom is -0.496 e. The second kappa shape index (κ2) is 8.31. The SMILES string of the molecule is COc1ccccc1CN/N=C\c1cc(C)n(-c2ccc(C)c(Cl)c2)c1C. The molecule has 0 unspecified atom stereocenters. The smallest absolute Gasteiger partial charge is 0.123 e. The molecule has 140 valence electrons. The first-order chi connectivity index (χ1) is 13.0. The molecule has 0 aliphatic carbocycles. The summed E-state index contributed by atoms with van der Waals surface area (Å²) >= 11 is 6.30. The first-order valence-corrected chi connectivity index (χ1v) is 9.22. The predicted octanol–water partition coefficient (Wildman–Crippen LogP) is 5.19. The molecule has 0 radical (unpaired) electrons. The number of benzene rings is 2. The number of nitrogens with one attached hydrogen (secondary N) is 1. The van der Waals surface area contributed by atoms with E-state index >= 15 is 0 Å². The number of hydrogen-bond donors (Lipinski definition) is 1. The van der Waals surface area contributed by atoms with E-state index in [-0.39, 0.29) is 0 Å². The van der Waals surface area contributed by atoms with E-state index in [1.54, 1.807) is 7.11 Å². The van der Waals surface area contributed by atoms with Gasteiger partial charge in [-0.3, -0.25) is 0 Å². The van der Waals surface area contributed by atoms with Gasteiger partial charge in [0.1, 0.15) is 5.75 Å². The highest BCUT2D eigenvalue weighted by atomic mass is 35.5. The summed E-state index contributed by atoms with van der Waals surface area (Å²) in [6.07, 6.45) is 1.85. The molecule has 1 N–H and O–H groups in total. The highest BCUT2D eigenvalue weighted by Gasteiger charge is 2.10. The van der Waals surface area contributed by atoms with Crippen molar-refractivity contribution in [1.82, 2.24) is 9.99 Å². The van der Waals surface area contributed by atoms with Crippen LogP contribution in [0.5, 0.6) is 5.75 Å². The van der Waals surface area contributed by atoms with Crippen LogP contribution in [0, 0.1) is 20.8 Å². The van der Waals surface area contributed by atoms with Gasteiger partial charge in [-0.1, -0.05) is 35.9 Å². The third kappa shape index (κ3) is 4.17. The maximum absolute atomic E-state index is 6.30. The van der Waals surface area contributed by atoms with E-state index in [2.05, 4.69) is 41.1 Å². The van der Waals surface area contributed by atoms with E-state index in [4.69, 9.17) is 16.3 Å². The summed E-state index contributed by atoms with van der Waals surface area (Å²) in [4.78, 5) is 0. The summed E-state index contributed by atoms with van der Waals surface area (Å²) < 4.78 is 7.55. The molecule has 2 aromatic carbocycles. The molecule has 0 spiro atoms. The quantitative estimate of drug-likeness (QED) is 0.471. The van der Waals surface area contributed by atoms with E-state index in [1.807, 2.05) is 49.5 Å². The lowest BCUT2D eigenvalue weighted by Crippen LogP contribution is -2.07. The van der Waals surface area contributed by atoms with Crippen LogP contribution >= 0.6 is 11.6 Å². The minimum absolute atomic E-state index is 0.604. The van der Waals surface area contributed by atoms with Crippen LogP contribution in [0.1, 0.15) is 28.1 Å². The molecule has 5 heteroatoms. The van der Waals surface area contributed by atoms with Gasteiger partial charge in [0.15, 0.2) is 0 Å². The molecule has 0 saturated heterocycles. The van der Waals surface area contributed by atoms with Crippen molar-refractivity contribution in [3.8, 4) is 11.4 Å². The van der Waals surface area contributed by atoms with Crippen LogP contribution in [-0.4, -0.2) is 17.9 Å². The highest BCUT2D eigenvalue weighted by Crippen LogP contribution is 2.24. The predicted molar refractivity (Wildman–Crippen MR) is 112 cm³/mol. The number of halogens is 1. The third-order valence-electron chi connectivity index (χ3n) is 4.64. The van der Waals surface area contributed by atoms with Crippen molar-refractivity contribution in [2.24, 2.45) is 5.10 Å². The van der Waals surface area contributed by atoms with Crippen LogP contribution in [0.25, 0.3) is 5.69 Å². The van der Waals surface area contributed by atoms with Gasteiger partial charge in [0, 0.05) is 33.2 Å². The molecule has 0 amide bonds. The molecule has 0 aliphatic heterocycles. The Morgan fingerprint density at radius 3 is 2.63 bits per heavy atom. The fraction of sp³-hybridized carbons (Fsp3) is 0.227. The molecule has 0 atom stereocenters. The van der Waals surface area contributed by atoms with Gasteiger partial charge in [0.05, 0.1) is 19.9 Å². The van der Waals surface area contributed by atoms with Crippen LogP contribution in [0.15, 0.2) is 53.6 Å². The van der Waals surface area contributed by atoms with Crippen molar-refractivity contribution < 1.29 is 4.74 Å². The van der Waals surface area contributed by atoms with Gasteiger partial charge in [-0.15, -0.1) is 0 Å². The second-order valence-electron chi connectivity index (χ2n) is 6.50. The van der Waals surface area contributed by atoms with Crippen molar-refractivity contribution >= 4 is 17.8 Å². The summed E-state index contributed by atoms with van der Waals surface area (Å²) in [5.41, 5.74) is 9.62. The topological polar surface area (TPSA) is 38.5 Å². The summed E-state index contributed by atoms with van der Waals surface area (Å²) in [6, 6.07) is 16.2. The normalized spacial score (nSPS) is 11.1. The van der Waals surface area contributed by atoms with Gasteiger partial charge in [-0.2, -0.15) is 5.10 Å². The Kier molecular flexibility index (Phi) is 5.87. The maximum Gasteiger partial charge on any atom is 0.123 e. The van der Waals surface area contributed by atoms with E-state index in [0.717, 1.165) is 44.5 Å².